The molecule has 14 heavy (non-hydrogen) atoms. The van der Waals surface area contributed by atoms with E-state index >= 15 is 0 Å². The minimum atomic E-state index is -0.135. The smallest absolute Gasteiger partial charge is 0.873 e. The summed E-state index contributed by atoms with van der Waals surface area (Å²) in [6.45, 7) is 3.42. The Labute approximate surface area is 122 Å². The van der Waals surface area contributed by atoms with Crippen LogP contribution in [0.2, 0.25) is 0 Å². The molecule has 0 aliphatic heterocycles. The molecule has 2 radical (unpaired) electrons. The molecule has 4 heteroatoms. The van der Waals surface area contributed by atoms with Crippen LogP contribution in [0.5, 0.6) is 0 Å². The van der Waals surface area contributed by atoms with E-state index in [0.29, 0.717) is 11.1 Å². The molecule has 0 aromatic rings. The monoisotopic (exact) mass is 296 g/mol. The summed E-state index contributed by atoms with van der Waals surface area (Å²) in [5, 5.41) is 18.7. The first-order valence-electron chi connectivity index (χ1n) is 3.60. The molecule has 0 saturated carbocycles. The van der Waals surface area contributed by atoms with Crippen LogP contribution in [-0.4, -0.2) is 11.4 Å². The van der Waals surface area contributed by atoms with Gasteiger partial charge in [-0.15, -0.1) is 6.92 Å². The van der Waals surface area contributed by atoms with Gasteiger partial charge in [-0.2, -0.15) is 11.6 Å². The van der Waals surface area contributed by atoms with Crippen LogP contribution in [0.4, 0.5) is 0 Å². The zero-order chi connectivity index (χ0) is 9.14. The van der Waals surface area contributed by atoms with Crippen molar-refractivity contribution in [1.29, 1.82) is 0 Å². The molecule has 1 aliphatic carbocycles. The summed E-state index contributed by atoms with van der Waals surface area (Å²) in [6, 6.07) is 0. The van der Waals surface area contributed by atoms with E-state index in [0.717, 1.165) is 0 Å². The number of hydrogen-bond acceptors (Lipinski definition) is 0. The fourth-order valence-electron chi connectivity index (χ4n) is 0.891. The molecule has 0 amide bonds. The van der Waals surface area contributed by atoms with Gasteiger partial charge in [-0.25, -0.2) is 6.08 Å². The first-order valence-corrected chi connectivity index (χ1v) is 3.60. The SMILES string of the molecule is C[C-]=CC1=[C-]C=C(C)C(=[N-])C1=[N-].[V+2].[Y]. The maximum atomic E-state index is 9.36. The van der Waals surface area contributed by atoms with Crippen molar-refractivity contribution in [3.8, 4) is 0 Å². The van der Waals surface area contributed by atoms with Gasteiger partial charge in [-0.3, -0.25) is 5.71 Å². The average Bonchev–Trinajstić information content (AvgIpc) is 2.07. The van der Waals surface area contributed by atoms with E-state index in [4.69, 9.17) is 0 Å². The quantitative estimate of drug-likeness (QED) is 0.525. The van der Waals surface area contributed by atoms with E-state index in [-0.39, 0.29) is 62.7 Å². The molecular weight excluding hydrogens is 288 g/mol. The van der Waals surface area contributed by atoms with Crippen molar-refractivity contribution in [1.82, 2.24) is 0 Å². The topological polar surface area (TPSA) is 44.6 Å². The van der Waals surface area contributed by atoms with Crippen molar-refractivity contribution in [3.05, 3.63) is 46.3 Å². The summed E-state index contributed by atoms with van der Waals surface area (Å²) in [7, 11) is 0. The van der Waals surface area contributed by atoms with Gasteiger partial charge >= 0.3 is 18.6 Å². The molecular formula is C10H8N2VY-2. The van der Waals surface area contributed by atoms with Crippen LogP contribution in [0.3, 0.4) is 0 Å². The molecule has 0 saturated heterocycles. The Bertz CT molecular complexity index is 327. The number of hydrogen-bond donors (Lipinski definition) is 0. The normalized spacial score (nSPS) is 15.6. The predicted octanol–water partition coefficient (Wildman–Crippen LogP) is 2.07. The molecule has 0 spiro atoms. The van der Waals surface area contributed by atoms with Crippen LogP contribution in [0.15, 0.2) is 23.3 Å². The Hall–Kier alpha value is 0.248. The molecule has 1 rings (SSSR count). The van der Waals surface area contributed by atoms with Gasteiger partial charge in [-0.1, -0.05) is 6.92 Å². The van der Waals surface area contributed by atoms with Crippen LogP contribution < -0.4 is 0 Å². The van der Waals surface area contributed by atoms with Crippen molar-refractivity contribution in [2.75, 3.05) is 0 Å². The van der Waals surface area contributed by atoms with Crippen molar-refractivity contribution >= 4 is 11.4 Å². The van der Waals surface area contributed by atoms with E-state index < -0.39 is 0 Å². The number of allylic oxidation sites excluding steroid dienone is 6. The summed E-state index contributed by atoms with van der Waals surface area (Å²) in [6.07, 6.45) is 8.75. The molecule has 0 heterocycles. The summed E-state index contributed by atoms with van der Waals surface area (Å²) in [5.74, 6) is 0. The molecule has 0 aromatic heterocycles. The third-order valence-electron chi connectivity index (χ3n) is 1.59. The first-order chi connectivity index (χ1) is 5.66. The second-order valence-corrected chi connectivity index (χ2v) is 2.52. The minimum absolute atomic E-state index is 0. The van der Waals surface area contributed by atoms with Crippen molar-refractivity contribution in [2.45, 2.75) is 13.8 Å². The van der Waals surface area contributed by atoms with Gasteiger partial charge < -0.3 is 34.3 Å². The molecule has 1 aliphatic rings. The van der Waals surface area contributed by atoms with E-state index in [2.05, 4.69) is 12.2 Å². The second-order valence-electron chi connectivity index (χ2n) is 2.52. The Balaban J connectivity index is 0. The van der Waals surface area contributed by atoms with Gasteiger partial charge in [0, 0.05) is 32.7 Å². The third kappa shape index (κ3) is 3.78. The van der Waals surface area contributed by atoms with Gasteiger partial charge in [0.25, 0.3) is 0 Å². The maximum Gasteiger partial charge on any atom is 2.00 e. The zero-order valence-corrected chi connectivity index (χ0v) is 12.3. The van der Waals surface area contributed by atoms with Gasteiger partial charge in [0.1, 0.15) is 0 Å². The standard InChI is InChI=1S/C10H8N2.V.Y/c1-3-4-8-6-5-7(2)9(11)10(8)12;;/h4-5H,1-2H3;;/q-4;+2;. The molecule has 68 valence electrons. The molecule has 0 unspecified atom stereocenters. The second kappa shape index (κ2) is 7.53. The van der Waals surface area contributed by atoms with E-state index in [1.165, 1.54) is 0 Å². The largest absolute Gasteiger partial charge is 2.00 e. The zero-order valence-electron chi connectivity index (χ0n) is 8.07. The minimum Gasteiger partial charge on any atom is -0.873 e. The molecule has 0 aromatic carbocycles. The molecule has 2 nitrogen and oxygen atoms in total. The third-order valence-corrected chi connectivity index (χ3v) is 1.59. The Morgan fingerprint density at radius 1 is 1.36 bits per heavy atom. The summed E-state index contributed by atoms with van der Waals surface area (Å²) in [4.78, 5) is 0. The molecule has 0 N–H and O–H groups in total. The summed E-state index contributed by atoms with van der Waals surface area (Å²) in [5.41, 5.74) is 0.848. The number of nitrogens with zero attached hydrogens (tertiary/aromatic N) is 2. The van der Waals surface area contributed by atoms with Crippen LogP contribution in [0, 0.1) is 12.2 Å². The Morgan fingerprint density at radius 3 is 2.43 bits per heavy atom. The van der Waals surface area contributed by atoms with Crippen LogP contribution in [0.25, 0.3) is 10.8 Å². The van der Waals surface area contributed by atoms with Crippen molar-refractivity contribution < 1.29 is 51.3 Å². The molecule has 0 fully saturated rings. The Kier molecular flexibility index (Phi) is 8.96. The van der Waals surface area contributed by atoms with E-state index in [1.807, 2.05) is 0 Å². The van der Waals surface area contributed by atoms with Gasteiger partial charge in [0.15, 0.2) is 0 Å². The summed E-state index contributed by atoms with van der Waals surface area (Å²) >= 11 is 0. The van der Waals surface area contributed by atoms with E-state index in [9.17, 15) is 10.8 Å². The van der Waals surface area contributed by atoms with Gasteiger partial charge in [0.05, 0.1) is 0 Å². The Morgan fingerprint density at radius 2 is 1.93 bits per heavy atom. The first kappa shape index (κ1) is 16.7. The van der Waals surface area contributed by atoms with Crippen molar-refractivity contribution in [2.24, 2.45) is 0 Å². The van der Waals surface area contributed by atoms with Crippen molar-refractivity contribution in [3.63, 3.8) is 0 Å². The molecule has 0 bridgehead atoms. The van der Waals surface area contributed by atoms with Crippen LogP contribution in [-0.2, 0) is 51.3 Å². The van der Waals surface area contributed by atoms with Crippen LogP contribution in [0.1, 0.15) is 13.8 Å². The fourth-order valence-corrected chi connectivity index (χ4v) is 0.891. The number of rotatable bonds is 1. The predicted molar refractivity (Wildman–Crippen MR) is 50.7 cm³/mol. The average molecular weight is 296 g/mol. The molecule has 0 atom stereocenters. The van der Waals surface area contributed by atoms with Gasteiger partial charge in [-0.05, 0) is 0 Å². The summed E-state index contributed by atoms with van der Waals surface area (Å²) < 4.78 is 0. The van der Waals surface area contributed by atoms with Crippen LogP contribution >= 0.6 is 0 Å². The van der Waals surface area contributed by atoms with Gasteiger partial charge in [0.2, 0.25) is 0 Å². The fraction of sp³-hybridized carbons (Fsp3) is 0.200. The van der Waals surface area contributed by atoms with E-state index in [1.54, 1.807) is 26.0 Å². The maximum absolute atomic E-state index is 9.36.